The number of amides is 1. The van der Waals surface area contributed by atoms with E-state index < -0.39 is 11.5 Å². The monoisotopic (exact) mass is 387 g/mol. The Balaban J connectivity index is 1.49. The Bertz CT molecular complexity index is 784. The number of nitrogens with one attached hydrogen (secondary N) is 3. The topological polar surface area (TPSA) is 105 Å². The van der Waals surface area contributed by atoms with Crippen LogP contribution in [0.2, 0.25) is 0 Å². The molecule has 0 saturated carbocycles. The third kappa shape index (κ3) is 5.18. The van der Waals surface area contributed by atoms with Crippen molar-refractivity contribution in [1.29, 1.82) is 5.41 Å². The number of nitrogens with zero attached hydrogens (tertiary/aromatic N) is 2. The van der Waals surface area contributed by atoms with Crippen LogP contribution in [0.5, 0.6) is 0 Å². The first-order chi connectivity index (χ1) is 13.0. The smallest absolute Gasteiger partial charge is 0.265 e. The Morgan fingerprint density at radius 2 is 2.07 bits per heavy atom. The second kappa shape index (κ2) is 8.69. The zero-order valence-corrected chi connectivity index (χ0v) is 16.2. The van der Waals surface area contributed by atoms with Gasteiger partial charge in [-0.1, -0.05) is 42.3 Å². The van der Waals surface area contributed by atoms with Crippen LogP contribution in [0.15, 0.2) is 36.5 Å². The highest BCUT2D eigenvalue weighted by atomic mass is 32.2. The van der Waals surface area contributed by atoms with Gasteiger partial charge in [0.25, 0.3) is 5.91 Å². The van der Waals surface area contributed by atoms with Gasteiger partial charge in [0.15, 0.2) is 0 Å². The fraction of sp³-hybridized carbons (Fsp3) is 0.421. The van der Waals surface area contributed by atoms with E-state index in [1.165, 1.54) is 0 Å². The number of imidazole rings is 1. The molecule has 2 aromatic rings. The van der Waals surface area contributed by atoms with Gasteiger partial charge in [0, 0.05) is 19.5 Å². The number of piperidine rings is 1. The van der Waals surface area contributed by atoms with Gasteiger partial charge < -0.3 is 15.4 Å². The number of aromatic nitrogens is 2. The van der Waals surface area contributed by atoms with Gasteiger partial charge in [-0.25, -0.2) is 4.98 Å². The Labute approximate surface area is 163 Å². The van der Waals surface area contributed by atoms with Crippen LogP contribution in [-0.4, -0.2) is 55.9 Å². The molecule has 8 heteroatoms. The Hall–Kier alpha value is -2.16. The van der Waals surface area contributed by atoms with Crippen LogP contribution in [0.1, 0.15) is 25.1 Å². The van der Waals surface area contributed by atoms with E-state index in [2.05, 4.69) is 19.6 Å². The summed E-state index contributed by atoms with van der Waals surface area (Å²) in [6, 6.07) is 9.81. The molecule has 0 radical (unpaired) electrons. The number of hydrogen-bond donors (Lipinski definition) is 4. The maximum atomic E-state index is 12.2. The molecular weight excluding hydrogens is 362 g/mol. The number of carbonyl (C=O) groups is 1. The fourth-order valence-corrected chi connectivity index (χ4v) is 3.71. The lowest BCUT2D eigenvalue weighted by molar-refractivity contribution is -0.115. The second-order valence-corrected chi connectivity index (χ2v) is 7.67. The minimum absolute atomic E-state index is 0.0779. The van der Waals surface area contributed by atoms with Gasteiger partial charge in [-0.05, 0) is 24.7 Å². The standard InChI is InChI=1S/C19H25N5O2S/c1-27-24-9-7-19(26,8-10-24)11-15(20)18(25)22-13-17-21-12-16(23-17)14-5-3-2-4-6-14/h2-6,12,20,26H,7-11,13H2,1H3,(H,21,23)(H,22,25). The summed E-state index contributed by atoms with van der Waals surface area (Å²) in [5.41, 5.74) is 0.843. The molecule has 2 heterocycles. The highest BCUT2D eigenvalue weighted by molar-refractivity contribution is 7.96. The molecule has 1 aromatic heterocycles. The molecule has 144 valence electrons. The van der Waals surface area contributed by atoms with Crippen molar-refractivity contribution in [3.05, 3.63) is 42.4 Å². The zero-order chi connectivity index (χ0) is 19.3. The van der Waals surface area contributed by atoms with Gasteiger partial charge in [-0.3, -0.25) is 14.5 Å². The average Bonchev–Trinajstić information content (AvgIpc) is 3.16. The van der Waals surface area contributed by atoms with Crippen molar-refractivity contribution >= 4 is 23.6 Å². The number of benzene rings is 1. The van der Waals surface area contributed by atoms with Crippen molar-refractivity contribution < 1.29 is 9.90 Å². The van der Waals surface area contributed by atoms with Crippen LogP contribution in [-0.2, 0) is 11.3 Å². The molecule has 7 nitrogen and oxygen atoms in total. The first-order valence-electron chi connectivity index (χ1n) is 8.95. The molecule has 1 aromatic carbocycles. The summed E-state index contributed by atoms with van der Waals surface area (Å²) in [6.07, 6.45) is 4.96. The Morgan fingerprint density at radius 1 is 1.37 bits per heavy atom. The number of carbonyl (C=O) groups excluding carboxylic acids is 1. The quantitative estimate of drug-likeness (QED) is 0.431. The van der Waals surface area contributed by atoms with E-state index in [1.54, 1.807) is 18.1 Å². The van der Waals surface area contributed by atoms with Gasteiger partial charge in [-0.2, -0.15) is 0 Å². The predicted octanol–water partition coefficient (Wildman–Crippen LogP) is 2.21. The third-order valence-electron chi connectivity index (χ3n) is 4.82. The summed E-state index contributed by atoms with van der Waals surface area (Å²) in [5.74, 6) is 0.162. The summed E-state index contributed by atoms with van der Waals surface area (Å²) in [5, 5.41) is 21.4. The van der Waals surface area contributed by atoms with Crippen molar-refractivity contribution in [2.45, 2.75) is 31.4 Å². The molecule has 0 aliphatic carbocycles. The third-order valence-corrected chi connectivity index (χ3v) is 5.70. The van der Waals surface area contributed by atoms with Crippen molar-refractivity contribution in [2.24, 2.45) is 0 Å². The Kier molecular flexibility index (Phi) is 6.30. The highest BCUT2D eigenvalue weighted by Gasteiger charge is 2.34. The Morgan fingerprint density at radius 3 is 2.74 bits per heavy atom. The molecule has 1 amide bonds. The number of hydrogen-bond acceptors (Lipinski definition) is 6. The maximum absolute atomic E-state index is 12.2. The lowest BCUT2D eigenvalue weighted by atomic mass is 9.87. The molecule has 0 bridgehead atoms. The average molecular weight is 388 g/mol. The second-order valence-electron chi connectivity index (χ2n) is 6.78. The molecule has 1 fully saturated rings. The molecule has 0 unspecified atom stereocenters. The summed E-state index contributed by atoms with van der Waals surface area (Å²) in [7, 11) is 0. The number of aliphatic hydroxyl groups is 1. The lowest BCUT2D eigenvalue weighted by Crippen LogP contribution is -2.45. The van der Waals surface area contributed by atoms with E-state index in [-0.39, 0.29) is 18.7 Å². The van der Waals surface area contributed by atoms with E-state index >= 15 is 0 Å². The van der Waals surface area contributed by atoms with E-state index in [4.69, 9.17) is 5.41 Å². The van der Waals surface area contributed by atoms with Crippen molar-refractivity contribution in [1.82, 2.24) is 19.6 Å². The SMILES string of the molecule is CSN1CCC(O)(CC(=N)C(=O)NCc2ncc(-c3ccccc3)[nH]2)CC1. The maximum Gasteiger partial charge on any atom is 0.265 e. The summed E-state index contributed by atoms with van der Waals surface area (Å²) < 4.78 is 2.18. The molecule has 1 saturated heterocycles. The van der Waals surface area contributed by atoms with Gasteiger partial charge in [0.2, 0.25) is 0 Å². The van der Waals surface area contributed by atoms with Crippen molar-refractivity contribution in [2.75, 3.05) is 19.3 Å². The first-order valence-corrected chi connectivity index (χ1v) is 10.1. The number of rotatable bonds is 7. The highest BCUT2D eigenvalue weighted by Crippen LogP contribution is 2.28. The largest absolute Gasteiger partial charge is 0.389 e. The number of H-pyrrole nitrogens is 1. The molecule has 3 rings (SSSR count). The molecule has 0 spiro atoms. The van der Waals surface area contributed by atoms with Gasteiger partial charge >= 0.3 is 0 Å². The van der Waals surface area contributed by atoms with Crippen LogP contribution in [0.4, 0.5) is 0 Å². The van der Waals surface area contributed by atoms with E-state index in [1.807, 2.05) is 36.6 Å². The molecule has 4 N–H and O–H groups in total. The van der Waals surface area contributed by atoms with Gasteiger partial charge in [0.1, 0.15) is 5.82 Å². The first kappa shape index (κ1) is 19.6. The van der Waals surface area contributed by atoms with Crippen molar-refractivity contribution in [3.8, 4) is 11.3 Å². The fourth-order valence-electron chi connectivity index (χ4n) is 3.16. The minimum Gasteiger partial charge on any atom is -0.389 e. The zero-order valence-electron chi connectivity index (χ0n) is 15.4. The van der Waals surface area contributed by atoms with Gasteiger partial charge in [0.05, 0.1) is 29.7 Å². The van der Waals surface area contributed by atoms with Crippen LogP contribution < -0.4 is 5.32 Å². The molecular formula is C19H25N5O2S. The summed E-state index contributed by atoms with van der Waals surface area (Å²) in [4.78, 5) is 19.7. The molecule has 0 atom stereocenters. The van der Waals surface area contributed by atoms with Gasteiger partial charge in [-0.15, -0.1) is 0 Å². The van der Waals surface area contributed by atoms with Crippen LogP contribution in [0.25, 0.3) is 11.3 Å². The van der Waals surface area contributed by atoms with E-state index in [0.717, 1.165) is 24.3 Å². The molecule has 1 aliphatic heterocycles. The lowest BCUT2D eigenvalue weighted by Gasteiger charge is -2.37. The van der Waals surface area contributed by atoms with Crippen LogP contribution >= 0.6 is 11.9 Å². The predicted molar refractivity (Wildman–Crippen MR) is 107 cm³/mol. The van der Waals surface area contributed by atoms with Crippen molar-refractivity contribution in [3.63, 3.8) is 0 Å². The summed E-state index contributed by atoms with van der Waals surface area (Å²) >= 11 is 1.66. The molecule has 1 aliphatic rings. The van der Waals surface area contributed by atoms with E-state index in [0.29, 0.717) is 18.7 Å². The molecule has 27 heavy (non-hydrogen) atoms. The normalized spacial score (nSPS) is 16.8. The van der Waals surface area contributed by atoms with Crippen LogP contribution in [0.3, 0.4) is 0 Å². The van der Waals surface area contributed by atoms with E-state index in [9.17, 15) is 9.90 Å². The number of aromatic amines is 1. The van der Waals surface area contributed by atoms with Crippen LogP contribution in [0, 0.1) is 5.41 Å². The minimum atomic E-state index is -0.966. The summed E-state index contributed by atoms with van der Waals surface area (Å²) in [6.45, 7) is 1.75.